The van der Waals surface area contributed by atoms with Crippen LogP contribution in [0.3, 0.4) is 0 Å². The van der Waals surface area contributed by atoms with Gasteiger partial charge in [-0.1, -0.05) is 0 Å². The van der Waals surface area contributed by atoms with E-state index in [2.05, 4.69) is 0 Å². The second-order valence-electron chi connectivity index (χ2n) is 2.58. The average Bonchev–Trinajstić information content (AvgIpc) is 1.95. The number of hydrogen-bond acceptors (Lipinski definition) is 2. The van der Waals surface area contributed by atoms with Crippen molar-refractivity contribution in [2.24, 2.45) is 0 Å². The summed E-state index contributed by atoms with van der Waals surface area (Å²) in [5, 5.41) is 0. The molecule has 0 aliphatic carbocycles. The third kappa shape index (κ3) is 1.47. The van der Waals surface area contributed by atoms with Crippen LogP contribution in [0.1, 0.15) is 13.3 Å². The summed E-state index contributed by atoms with van der Waals surface area (Å²) in [6.07, 6.45) is -0.858. The van der Waals surface area contributed by atoms with E-state index >= 15 is 0 Å². The van der Waals surface area contributed by atoms with Crippen LogP contribution in [0.5, 0.6) is 0 Å². The predicted molar refractivity (Wildman–Crippen MR) is 35.7 cm³/mol. The highest BCUT2D eigenvalue weighted by Gasteiger charge is 2.31. The molecule has 0 N–H and O–H groups in total. The minimum absolute atomic E-state index is 0.260. The smallest absolute Gasteiger partial charge is 0.152 e. The molecule has 2 nitrogen and oxygen atoms in total. The number of methoxy groups -OCH3 is 1. The number of rotatable bonds is 1. The molecule has 3 atom stereocenters. The van der Waals surface area contributed by atoms with Gasteiger partial charge in [0, 0.05) is 13.7 Å². The Bertz CT molecular complexity index is 108. The van der Waals surface area contributed by atoms with E-state index in [-0.39, 0.29) is 12.2 Å². The molecule has 0 saturated carbocycles. The molecule has 0 aromatic heterocycles. The minimum Gasteiger partial charge on any atom is -0.378 e. The van der Waals surface area contributed by atoms with Crippen molar-refractivity contribution in [1.29, 1.82) is 0 Å². The normalized spacial score (nSPS) is 41.7. The molecule has 1 saturated heterocycles. The molecule has 1 fully saturated rings. The quantitative estimate of drug-likeness (QED) is 0.555. The molecule has 60 valence electrons. The van der Waals surface area contributed by atoms with Crippen LogP contribution in [-0.2, 0) is 9.47 Å². The lowest BCUT2D eigenvalue weighted by Crippen LogP contribution is -2.40. The molecular formula is C7H13FO2. The van der Waals surface area contributed by atoms with E-state index in [0.29, 0.717) is 13.0 Å². The summed E-state index contributed by atoms with van der Waals surface area (Å²) >= 11 is 0. The average molecular weight is 148 g/mol. The van der Waals surface area contributed by atoms with E-state index in [4.69, 9.17) is 9.47 Å². The van der Waals surface area contributed by atoms with E-state index in [1.807, 2.05) is 0 Å². The predicted octanol–water partition coefficient (Wildman–Crippen LogP) is 1.15. The van der Waals surface area contributed by atoms with Gasteiger partial charge in [0.15, 0.2) is 6.17 Å². The maximum absolute atomic E-state index is 13.0. The molecule has 3 heteroatoms. The van der Waals surface area contributed by atoms with Crippen molar-refractivity contribution >= 4 is 0 Å². The van der Waals surface area contributed by atoms with Crippen LogP contribution in [0.4, 0.5) is 4.39 Å². The topological polar surface area (TPSA) is 18.5 Å². The molecule has 0 unspecified atom stereocenters. The summed E-state index contributed by atoms with van der Waals surface area (Å²) < 4.78 is 23.0. The van der Waals surface area contributed by atoms with Gasteiger partial charge < -0.3 is 9.47 Å². The lowest BCUT2D eigenvalue weighted by molar-refractivity contribution is -0.107. The van der Waals surface area contributed by atoms with Gasteiger partial charge in [-0.25, -0.2) is 4.39 Å². The zero-order chi connectivity index (χ0) is 7.56. The van der Waals surface area contributed by atoms with Gasteiger partial charge in [0.25, 0.3) is 0 Å². The molecule has 0 radical (unpaired) electrons. The lowest BCUT2D eigenvalue weighted by Gasteiger charge is -2.29. The van der Waals surface area contributed by atoms with Crippen LogP contribution >= 0.6 is 0 Å². The Morgan fingerprint density at radius 3 is 2.80 bits per heavy atom. The maximum Gasteiger partial charge on any atom is 0.152 e. The molecule has 0 amide bonds. The van der Waals surface area contributed by atoms with Gasteiger partial charge in [-0.15, -0.1) is 0 Å². The Hall–Kier alpha value is -0.150. The van der Waals surface area contributed by atoms with E-state index in [0.717, 1.165) is 0 Å². The van der Waals surface area contributed by atoms with Crippen molar-refractivity contribution in [1.82, 2.24) is 0 Å². The van der Waals surface area contributed by atoms with Crippen LogP contribution in [-0.4, -0.2) is 32.1 Å². The SMILES string of the molecule is CO[C@H]1CCO[C@@H](C)[C@@H]1F. The molecule has 1 aliphatic rings. The Morgan fingerprint density at radius 1 is 1.60 bits per heavy atom. The first-order chi connectivity index (χ1) is 4.75. The highest BCUT2D eigenvalue weighted by molar-refractivity contribution is 4.79. The first kappa shape index (κ1) is 7.95. The standard InChI is InChI=1S/C7H13FO2/c1-5-7(8)6(9-2)3-4-10-5/h5-7H,3-4H2,1-2H3/t5-,6-,7-/m0/s1. The molecule has 0 spiro atoms. The second kappa shape index (κ2) is 3.30. The first-order valence-electron chi connectivity index (χ1n) is 3.54. The number of halogens is 1. The molecular weight excluding hydrogens is 135 g/mol. The molecule has 0 aromatic carbocycles. The minimum atomic E-state index is -0.959. The summed E-state index contributed by atoms with van der Waals surface area (Å²) in [5.41, 5.74) is 0. The van der Waals surface area contributed by atoms with Crippen LogP contribution in [0.15, 0.2) is 0 Å². The van der Waals surface area contributed by atoms with Gasteiger partial charge in [-0.2, -0.15) is 0 Å². The Balaban J connectivity index is 2.42. The molecule has 1 rings (SSSR count). The highest BCUT2D eigenvalue weighted by Crippen LogP contribution is 2.19. The summed E-state index contributed by atoms with van der Waals surface area (Å²) in [4.78, 5) is 0. The summed E-state index contributed by atoms with van der Waals surface area (Å²) in [6.45, 7) is 2.34. The third-order valence-corrected chi connectivity index (χ3v) is 1.89. The maximum atomic E-state index is 13.0. The van der Waals surface area contributed by atoms with Crippen molar-refractivity contribution in [3.05, 3.63) is 0 Å². The van der Waals surface area contributed by atoms with E-state index in [1.165, 1.54) is 7.11 Å². The van der Waals surface area contributed by atoms with Crippen molar-refractivity contribution in [2.75, 3.05) is 13.7 Å². The molecule has 0 bridgehead atoms. The number of hydrogen-bond donors (Lipinski definition) is 0. The van der Waals surface area contributed by atoms with Crippen molar-refractivity contribution in [3.8, 4) is 0 Å². The Kier molecular flexibility index (Phi) is 2.63. The van der Waals surface area contributed by atoms with Crippen LogP contribution in [0.2, 0.25) is 0 Å². The Morgan fingerprint density at radius 2 is 2.30 bits per heavy atom. The monoisotopic (exact) mass is 148 g/mol. The van der Waals surface area contributed by atoms with Crippen LogP contribution < -0.4 is 0 Å². The molecule has 10 heavy (non-hydrogen) atoms. The van der Waals surface area contributed by atoms with Gasteiger partial charge in [-0.3, -0.25) is 0 Å². The van der Waals surface area contributed by atoms with Crippen LogP contribution in [0.25, 0.3) is 0 Å². The highest BCUT2D eigenvalue weighted by atomic mass is 19.1. The fraction of sp³-hybridized carbons (Fsp3) is 1.00. The van der Waals surface area contributed by atoms with Crippen molar-refractivity contribution in [3.63, 3.8) is 0 Å². The Labute approximate surface area is 60.3 Å². The van der Waals surface area contributed by atoms with E-state index in [9.17, 15) is 4.39 Å². The number of ether oxygens (including phenoxy) is 2. The third-order valence-electron chi connectivity index (χ3n) is 1.89. The fourth-order valence-corrected chi connectivity index (χ4v) is 1.17. The van der Waals surface area contributed by atoms with E-state index < -0.39 is 6.17 Å². The van der Waals surface area contributed by atoms with Crippen LogP contribution in [0, 0.1) is 0 Å². The zero-order valence-electron chi connectivity index (χ0n) is 6.34. The van der Waals surface area contributed by atoms with Gasteiger partial charge in [-0.05, 0) is 13.3 Å². The van der Waals surface area contributed by atoms with Crippen molar-refractivity contribution in [2.45, 2.75) is 31.7 Å². The summed E-state index contributed by atoms with van der Waals surface area (Å²) in [7, 11) is 1.54. The van der Waals surface area contributed by atoms with Gasteiger partial charge >= 0.3 is 0 Å². The fourth-order valence-electron chi connectivity index (χ4n) is 1.17. The summed E-state index contributed by atoms with van der Waals surface area (Å²) in [5.74, 6) is 0. The van der Waals surface area contributed by atoms with Crippen molar-refractivity contribution < 1.29 is 13.9 Å². The van der Waals surface area contributed by atoms with Gasteiger partial charge in [0.1, 0.15) is 0 Å². The molecule has 1 aliphatic heterocycles. The van der Waals surface area contributed by atoms with Gasteiger partial charge in [0.05, 0.1) is 12.2 Å². The number of alkyl halides is 1. The van der Waals surface area contributed by atoms with E-state index in [1.54, 1.807) is 6.92 Å². The first-order valence-corrected chi connectivity index (χ1v) is 3.54. The lowest BCUT2D eigenvalue weighted by atomic mass is 10.1. The largest absolute Gasteiger partial charge is 0.378 e. The second-order valence-corrected chi connectivity index (χ2v) is 2.58. The van der Waals surface area contributed by atoms with Gasteiger partial charge in [0.2, 0.25) is 0 Å². The zero-order valence-corrected chi connectivity index (χ0v) is 6.34. The summed E-state index contributed by atoms with van der Waals surface area (Å²) in [6, 6.07) is 0. The molecule has 0 aromatic rings. The molecule has 1 heterocycles.